The van der Waals surface area contributed by atoms with Crippen molar-refractivity contribution in [2.24, 2.45) is 0 Å². The number of rotatable bonds is 8. The second kappa shape index (κ2) is 12.3. The number of para-hydroxylation sites is 1. The second-order valence-electron chi connectivity index (χ2n) is 6.59. The predicted octanol–water partition coefficient (Wildman–Crippen LogP) is 3.87. The Hall–Kier alpha value is -2.55. The summed E-state index contributed by atoms with van der Waals surface area (Å²) in [5, 5.41) is 3.37. The summed E-state index contributed by atoms with van der Waals surface area (Å²) < 4.78 is 11.1. The van der Waals surface area contributed by atoms with E-state index in [1.54, 1.807) is 18.2 Å². The molecule has 0 aliphatic carbocycles. The molecule has 10 heteroatoms. The molecule has 31 heavy (non-hydrogen) atoms. The topological polar surface area (TPSA) is 88.7 Å². The number of thiocarbonyl (C=S) groups is 1. The van der Waals surface area contributed by atoms with Crippen LogP contribution in [0.5, 0.6) is 11.5 Å². The second-order valence-corrected chi connectivity index (χ2v) is 7.84. The van der Waals surface area contributed by atoms with Crippen molar-refractivity contribution in [1.82, 2.24) is 16.2 Å². The number of nitrogens with one attached hydrogen (secondary N) is 3. The summed E-state index contributed by atoms with van der Waals surface area (Å²) in [5.74, 6) is 0.405. The average Bonchev–Trinajstić information content (AvgIpc) is 2.70. The van der Waals surface area contributed by atoms with Gasteiger partial charge in [-0.25, -0.2) is 0 Å². The van der Waals surface area contributed by atoms with Gasteiger partial charge in [-0.3, -0.25) is 20.4 Å². The minimum Gasteiger partial charge on any atom is -0.492 e. The highest BCUT2D eigenvalue weighted by atomic mass is 35.5. The number of hydrogen-bond acceptors (Lipinski definition) is 5. The predicted molar refractivity (Wildman–Crippen MR) is 125 cm³/mol. The third-order valence-corrected chi connectivity index (χ3v) is 4.76. The van der Waals surface area contributed by atoms with Crippen molar-refractivity contribution in [3.8, 4) is 11.5 Å². The van der Waals surface area contributed by atoms with Gasteiger partial charge < -0.3 is 14.8 Å². The zero-order valence-corrected chi connectivity index (χ0v) is 19.4. The number of halogens is 2. The maximum atomic E-state index is 11.9. The number of aryl methyl sites for hydroxylation is 2. The van der Waals surface area contributed by atoms with Crippen LogP contribution >= 0.6 is 35.4 Å². The van der Waals surface area contributed by atoms with Crippen molar-refractivity contribution >= 4 is 52.3 Å². The van der Waals surface area contributed by atoms with Gasteiger partial charge in [-0.1, -0.05) is 41.4 Å². The van der Waals surface area contributed by atoms with Gasteiger partial charge in [-0.05, 0) is 61.8 Å². The molecule has 0 bridgehead atoms. The largest absolute Gasteiger partial charge is 0.492 e. The first-order chi connectivity index (χ1) is 14.8. The van der Waals surface area contributed by atoms with Crippen molar-refractivity contribution in [2.45, 2.75) is 26.7 Å². The number of carbonyl (C=O) groups is 2. The molecule has 3 N–H and O–H groups in total. The van der Waals surface area contributed by atoms with Crippen LogP contribution in [0.2, 0.25) is 10.0 Å². The maximum Gasteiger partial charge on any atom is 0.276 e. The Morgan fingerprint density at radius 1 is 1.00 bits per heavy atom. The molecule has 2 aromatic carbocycles. The van der Waals surface area contributed by atoms with E-state index in [2.05, 4.69) is 16.2 Å². The van der Waals surface area contributed by atoms with Gasteiger partial charge >= 0.3 is 0 Å². The summed E-state index contributed by atoms with van der Waals surface area (Å²) in [4.78, 5) is 23.8. The lowest BCUT2D eigenvalue weighted by atomic mass is 10.1. The standard InChI is InChI=1S/C21H23Cl2N3O4S/c1-13-5-3-6-14(2)20(13)30-12-19(28)25-26-21(31)24-18(27)7-4-10-29-17-9-8-15(22)11-16(17)23/h3,5-6,8-9,11H,4,7,10,12H2,1-2H3,(H,25,28)(H2,24,26,27,31). The third kappa shape index (κ3) is 8.61. The number of carbonyl (C=O) groups excluding carboxylic acids is 2. The Bertz CT molecular complexity index is 936. The Labute approximate surface area is 196 Å². The molecule has 0 aliphatic rings. The van der Waals surface area contributed by atoms with Gasteiger partial charge in [-0.2, -0.15) is 0 Å². The lowest BCUT2D eigenvalue weighted by Crippen LogP contribution is -2.49. The first-order valence-corrected chi connectivity index (χ1v) is 10.6. The highest BCUT2D eigenvalue weighted by Crippen LogP contribution is 2.27. The summed E-state index contributed by atoms with van der Waals surface area (Å²) >= 11 is 16.8. The minimum atomic E-state index is -0.438. The normalized spacial score (nSPS) is 10.2. The van der Waals surface area contributed by atoms with Crippen LogP contribution in [0, 0.1) is 13.8 Å². The van der Waals surface area contributed by atoms with Crippen LogP contribution in [0.25, 0.3) is 0 Å². The zero-order valence-electron chi connectivity index (χ0n) is 17.1. The molecule has 0 aliphatic heterocycles. The highest BCUT2D eigenvalue weighted by molar-refractivity contribution is 7.80. The molecule has 0 radical (unpaired) electrons. The van der Waals surface area contributed by atoms with E-state index in [1.807, 2.05) is 32.0 Å². The Balaban J connectivity index is 1.62. The van der Waals surface area contributed by atoms with Crippen molar-refractivity contribution in [2.75, 3.05) is 13.2 Å². The summed E-state index contributed by atoms with van der Waals surface area (Å²) in [5.41, 5.74) is 6.72. The fraction of sp³-hybridized carbons (Fsp3) is 0.286. The average molecular weight is 484 g/mol. The van der Waals surface area contributed by atoms with E-state index in [0.29, 0.717) is 34.6 Å². The molecule has 0 unspecified atom stereocenters. The van der Waals surface area contributed by atoms with Gasteiger partial charge in [-0.15, -0.1) is 0 Å². The fourth-order valence-electron chi connectivity index (χ4n) is 2.55. The molecule has 0 atom stereocenters. The summed E-state index contributed by atoms with van der Waals surface area (Å²) in [6, 6.07) is 10.6. The van der Waals surface area contributed by atoms with Crippen molar-refractivity contribution < 1.29 is 19.1 Å². The molecule has 0 fully saturated rings. The monoisotopic (exact) mass is 483 g/mol. The summed E-state index contributed by atoms with van der Waals surface area (Å²) in [6.07, 6.45) is 0.625. The van der Waals surface area contributed by atoms with Crippen molar-refractivity contribution in [1.29, 1.82) is 0 Å². The van der Waals surface area contributed by atoms with Crippen LogP contribution in [0.4, 0.5) is 0 Å². The van der Waals surface area contributed by atoms with Crippen LogP contribution in [0.1, 0.15) is 24.0 Å². The first kappa shape index (κ1) is 24.7. The van der Waals surface area contributed by atoms with Gasteiger partial charge in [0.15, 0.2) is 11.7 Å². The van der Waals surface area contributed by atoms with Gasteiger partial charge in [0.25, 0.3) is 5.91 Å². The maximum absolute atomic E-state index is 11.9. The van der Waals surface area contributed by atoms with Gasteiger partial charge in [0.1, 0.15) is 11.5 Å². The number of benzene rings is 2. The molecule has 0 heterocycles. The molecule has 0 spiro atoms. The summed E-state index contributed by atoms with van der Waals surface area (Å²) in [7, 11) is 0. The Morgan fingerprint density at radius 3 is 2.39 bits per heavy atom. The molecule has 0 aromatic heterocycles. The quantitative estimate of drug-likeness (QED) is 0.300. The van der Waals surface area contributed by atoms with E-state index in [1.165, 1.54) is 0 Å². The number of amides is 2. The minimum absolute atomic E-state index is 0.0212. The molecular formula is C21H23Cl2N3O4S. The van der Waals surface area contributed by atoms with E-state index in [4.69, 9.17) is 44.9 Å². The van der Waals surface area contributed by atoms with Crippen LogP contribution in [-0.2, 0) is 9.59 Å². The molecule has 166 valence electrons. The van der Waals surface area contributed by atoms with Crippen LogP contribution in [0.15, 0.2) is 36.4 Å². The van der Waals surface area contributed by atoms with Crippen molar-refractivity contribution in [3.05, 3.63) is 57.6 Å². The first-order valence-electron chi connectivity index (χ1n) is 9.42. The number of hydrazine groups is 1. The molecule has 2 aromatic rings. The molecule has 2 amide bonds. The van der Waals surface area contributed by atoms with Crippen LogP contribution < -0.4 is 25.6 Å². The smallest absolute Gasteiger partial charge is 0.276 e. The molecular weight excluding hydrogens is 461 g/mol. The van der Waals surface area contributed by atoms with Gasteiger partial charge in [0, 0.05) is 11.4 Å². The van der Waals surface area contributed by atoms with E-state index in [0.717, 1.165) is 11.1 Å². The molecule has 2 rings (SSSR count). The lowest BCUT2D eigenvalue weighted by Gasteiger charge is -2.13. The molecule has 7 nitrogen and oxygen atoms in total. The Morgan fingerprint density at radius 2 is 1.71 bits per heavy atom. The number of ether oxygens (including phenoxy) is 2. The van der Waals surface area contributed by atoms with Gasteiger partial charge in [0.05, 0.1) is 11.6 Å². The summed E-state index contributed by atoms with van der Waals surface area (Å²) in [6.45, 7) is 3.90. The SMILES string of the molecule is Cc1cccc(C)c1OCC(=O)NNC(=S)NC(=O)CCCOc1ccc(Cl)cc1Cl. The Kier molecular flexibility index (Phi) is 9.84. The van der Waals surface area contributed by atoms with Crippen molar-refractivity contribution in [3.63, 3.8) is 0 Å². The third-order valence-electron chi connectivity index (χ3n) is 4.02. The van der Waals surface area contributed by atoms with E-state index in [-0.39, 0.29) is 24.0 Å². The number of hydrogen-bond donors (Lipinski definition) is 3. The van der Waals surface area contributed by atoms with Crippen LogP contribution in [-0.4, -0.2) is 30.1 Å². The van der Waals surface area contributed by atoms with Gasteiger partial charge in [0.2, 0.25) is 5.91 Å². The zero-order chi connectivity index (χ0) is 22.8. The van der Waals surface area contributed by atoms with E-state index < -0.39 is 5.91 Å². The highest BCUT2D eigenvalue weighted by Gasteiger charge is 2.09. The molecule has 0 saturated heterocycles. The van der Waals surface area contributed by atoms with E-state index in [9.17, 15) is 9.59 Å². The fourth-order valence-corrected chi connectivity index (χ4v) is 3.18. The van der Waals surface area contributed by atoms with Crippen LogP contribution in [0.3, 0.4) is 0 Å². The lowest BCUT2D eigenvalue weighted by molar-refractivity contribution is -0.124. The molecule has 0 saturated carbocycles. The van der Waals surface area contributed by atoms with E-state index >= 15 is 0 Å².